The molecule has 0 radical (unpaired) electrons. The van der Waals surface area contributed by atoms with Gasteiger partial charge in [-0.3, -0.25) is 19.1 Å². The van der Waals surface area contributed by atoms with Gasteiger partial charge in [0.05, 0.1) is 15.9 Å². The topological polar surface area (TPSA) is 70.5 Å². The second kappa shape index (κ2) is 10.2. The number of halogens is 5. The maximum absolute atomic E-state index is 13.8. The summed E-state index contributed by atoms with van der Waals surface area (Å²) in [5.74, 6) is -1.71. The zero-order valence-corrected chi connectivity index (χ0v) is 21.3. The molecule has 202 valence electrons. The minimum absolute atomic E-state index is 0.00784. The van der Waals surface area contributed by atoms with E-state index in [-0.39, 0.29) is 21.8 Å². The van der Waals surface area contributed by atoms with E-state index < -0.39 is 36.0 Å². The van der Waals surface area contributed by atoms with Crippen LogP contribution in [0.25, 0.3) is 22.3 Å². The van der Waals surface area contributed by atoms with Gasteiger partial charge in [0.25, 0.3) is 5.56 Å². The number of nitrogens with zero attached hydrogens (tertiary/aromatic N) is 4. The number of piperazine rings is 1. The van der Waals surface area contributed by atoms with E-state index in [1.807, 2.05) is 11.4 Å². The van der Waals surface area contributed by atoms with E-state index >= 15 is 0 Å². The third-order valence-corrected chi connectivity index (χ3v) is 7.53. The van der Waals surface area contributed by atoms with Crippen molar-refractivity contribution >= 4 is 34.1 Å². The first-order valence-electron chi connectivity index (χ1n) is 12.4. The molecule has 0 saturated carbocycles. The molecule has 3 heterocycles. The highest BCUT2D eigenvalue weighted by molar-refractivity contribution is 6.31. The number of alkyl halides is 3. The van der Waals surface area contributed by atoms with Crippen LogP contribution in [0, 0.1) is 5.82 Å². The summed E-state index contributed by atoms with van der Waals surface area (Å²) in [5.41, 5.74) is 0.825. The molecule has 7 nitrogen and oxygen atoms in total. The zero-order chi connectivity index (χ0) is 27.2. The highest BCUT2D eigenvalue weighted by Gasteiger charge is 2.37. The summed E-state index contributed by atoms with van der Waals surface area (Å²) >= 11 is 5.94. The van der Waals surface area contributed by atoms with E-state index in [0.29, 0.717) is 11.6 Å². The number of rotatable bonds is 5. The Balaban J connectivity index is 1.56. The molecule has 1 amide bonds. The van der Waals surface area contributed by atoms with Crippen molar-refractivity contribution in [3.05, 3.63) is 57.6 Å². The second-order valence-corrected chi connectivity index (χ2v) is 10.2. The quantitative estimate of drug-likeness (QED) is 0.481. The first-order valence-corrected chi connectivity index (χ1v) is 12.7. The Labute approximate surface area is 221 Å². The fourth-order valence-electron chi connectivity index (χ4n) is 5.15. The lowest BCUT2D eigenvalue weighted by atomic mass is 10.1. The fraction of sp³-hybridized carbons (Fsp3) is 0.423. The van der Waals surface area contributed by atoms with Crippen molar-refractivity contribution in [1.82, 2.24) is 19.8 Å². The Bertz CT molecular complexity index is 1440. The molecule has 2 fully saturated rings. The molecule has 1 N–H and O–H groups in total. The number of fused-ring (bicyclic) bond motifs is 2. The van der Waals surface area contributed by atoms with Gasteiger partial charge >= 0.3 is 6.18 Å². The lowest BCUT2D eigenvalue weighted by molar-refractivity contribution is -0.158. The third-order valence-electron chi connectivity index (χ3n) is 7.24. The van der Waals surface area contributed by atoms with E-state index in [1.165, 1.54) is 12.1 Å². The smallest absolute Gasteiger partial charge is 0.369 e. The zero-order valence-electron chi connectivity index (χ0n) is 20.6. The van der Waals surface area contributed by atoms with Gasteiger partial charge in [0, 0.05) is 36.9 Å². The van der Waals surface area contributed by atoms with Gasteiger partial charge in [0.2, 0.25) is 5.91 Å². The highest BCUT2D eigenvalue weighted by Crippen LogP contribution is 2.29. The Kier molecular flexibility index (Phi) is 7.08. The lowest BCUT2D eigenvalue weighted by Crippen LogP contribution is -2.50. The Hall–Kier alpha value is -3.18. The molecular weight excluding hydrogens is 526 g/mol. The molecule has 38 heavy (non-hydrogen) atoms. The summed E-state index contributed by atoms with van der Waals surface area (Å²) in [4.78, 5) is 35.5. The molecule has 2 aliphatic heterocycles. The number of hydrogen-bond donors (Lipinski definition) is 1. The number of carbonyl (C=O) groups excluding carboxylic acids is 1. The van der Waals surface area contributed by atoms with Gasteiger partial charge in [-0.1, -0.05) is 11.6 Å². The maximum atomic E-state index is 13.8. The normalized spacial score (nSPS) is 19.0. The Morgan fingerprint density at radius 2 is 1.97 bits per heavy atom. The molecule has 3 aromatic rings. The predicted octanol–water partition coefficient (Wildman–Crippen LogP) is 4.21. The average molecular weight is 552 g/mol. The monoisotopic (exact) mass is 551 g/mol. The minimum Gasteiger partial charge on any atom is -0.369 e. The minimum atomic E-state index is -4.65. The van der Waals surface area contributed by atoms with Gasteiger partial charge in [-0.2, -0.15) is 13.2 Å². The highest BCUT2D eigenvalue weighted by atomic mass is 35.5. The van der Waals surface area contributed by atoms with Crippen LogP contribution >= 0.6 is 11.6 Å². The van der Waals surface area contributed by atoms with Crippen molar-refractivity contribution < 1.29 is 22.4 Å². The van der Waals surface area contributed by atoms with Crippen molar-refractivity contribution in [2.24, 2.45) is 0 Å². The van der Waals surface area contributed by atoms with Crippen LogP contribution in [0.2, 0.25) is 5.02 Å². The molecule has 1 aromatic heterocycles. The number of nitrogens with one attached hydrogen (secondary N) is 1. The Morgan fingerprint density at radius 1 is 1.18 bits per heavy atom. The van der Waals surface area contributed by atoms with E-state index in [0.717, 1.165) is 62.3 Å². The molecule has 0 spiro atoms. The molecule has 0 aliphatic carbocycles. The first kappa shape index (κ1) is 26.4. The summed E-state index contributed by atoms with van der Waals surface area (Å²) in [5, 5.41) is 1.88. The van der Waals surface area contributed by atoms with Crippen molar-refractivity contribution in [2.45, 2.75) is 44.6 Å². The van der Waals surface area contributed by atoms with Crippen LogP contribution in [-0.2, 0) is 11.3 Å². The van der Waals surface area contributed by atoms with Crippen LogP contribution in [-0.4, -0.2) is 64.8 Å². The molecule has 0 bridgehead atoms. The number of hydrogen-bond acceptors (Lipinski definition) is 5. The maximum Gasteiger partial charge on any atom is 0.408 e. The molecule has 2 unspecified atom stereocenters. The fourth-order valence-corrected chi connectivity index (χ4v) is 5.33. The Morgan fingerprint density at radius 3 is 2.71 bits per heavy atom. The third kappa shape index (κ3) is 5.22. The first-order chi connectivity index (χ1) is 18.0. The van der Waals surface area contributed by atoms with Crippen LogP contribution < -0.4 is 15.8 Å². The molecule has 2 atom stereocenters. The second-order valence-electron chi connectivity index (χ2n) is 9.77. The van der Waals surface area contributed by atoms with Crippen molar-refractivity contribution in [1.29, 1.82) is 0 Å². The van der Waals surface area contributed by atoms with Crippen molar-refractivity contribution in [3.8, 4) is 11.4 Å². The van der Waals surface area contributed by atoms with Crippen molar-refractivity contribution in [2.75, 3.05) is 31.1 Å². The summed E-state index contributed by atoms with van der Waals surface area (Å²) in [6, 6.07) is 7.34. The van der Waals surface area contributed by atoms with Gasteiger partial charge in [0.1, 0.15) is 24.2 Å². The number of amides is 1. The van der Waals surface area contributed by atoms with E-state index in [4.69, 9.17) is 11.6 Å². The van der Waals surface area contributed by atoms with Gasteiger partial charge in [0.15, 0.2) is 0 Å². The van der Waals surface area contributed by atoms with Gasteiger partial charge in [-0.25, -0.2) is 9.37 Å². The summed E-state index contributed by atoms with van der Waals surface area (Å²) < 4.78 is 53.9. The number of benzene rings is 2. The van der Waals surface area contributed by atoms with Crippen LogP contribution in [0.1, 0.15) is 19.8 Å². The molecule has 5 rings (SSSR count). The number of anilines is 1. The summed E-state index contributed by atoms with van der Waals surface area (Å²) in [7, 11) is 0. The van der Waals surface area contributed by atoms with Crippen LogP contribution in [0.15, 0.2) is 41.2 Å². The largest absolute Gasteiger partial charge is 0.408 e. The molecular formula is C26H26ClF4N5O2. The average Bonchev–Trinajstić information content (AvgIpc) is 3.34. The lowest BCUT2D eigenvalue weighted by Gasteiger charge is -2.38. The SMILES string of the molecule is CC(NC(=O)Cn1c(-c2ccc(F)c(Cl)c2)nc2ccc(N3CCN4CCCC4C3)cc2c1=O)C(F)(F)F. The molecule has 12 heteroatoms. The van der Waals surface area contributed by atoms with E-state index in [2.05, 4.69) is 14.8 Å². The predicted molar refractivity (Wildman–Crippen MR) is 137 cm³/mol. The van der Waals surface area contributed by atoms with Gasteiger partial charge in [-0.05, 0) is 62.7 Å². The van der Waals surface area contributed by atoms with Crippen molar-refractivity contribution in [3.63, 3.8) is 0 Å². The van der Waals surface area contributed by atoms with E-state index in [9.17, 15) is 27.2 Å². The summed E-state index contributed by atoms with van der Waals surface area (Å²) in [6.07, 6.45) is -2.36. The van der Waals surface area contributed by atoms with Crippen LogP contribution in [0.4, 0.5) is 23.2 Å². The molecule has 2 aromatic carbocycles. The molecule has 2 saturated heterocycles. The van der Waals surface area contributed by atoms with Gasteiger partial charge < -0.3 is 10.2 Å². The van der Waals surface area contributed by atoms with E-state index in [1.54, 1.807) is 12.1 Å². The van der Waals surface area contributed by atoms with Crippen LogP contribution in [0.3, 0.4) is 0 Å². The summed E-state index contributed by atoms with van der Waals surface area (Å²) in [6.45, 7) is 3.75. The van der Waals surface area contributed by atoms with Gasteiger partial charge in [-0.15, -0.1) is 0 Å². The number of aromatic nitrogens is 2. The molecule has 2 aliphatic rings. The van der Waals surface area contributed by atoms with Crippen LogP contribution in [0.5, 0.6) is 0 Å². The standard InChI is InChI=1S/C26H26ClF4N5O2/c1-15(26(29,30)31)32-23(37)14-36-24(16-4-6-21(28)20(27)11-16)33-22-7-5-17(12-19(22)25(36)38)35-10-9-34-8-2-3-18(34)13-35/h4-7,11-12,15,18H,2-3,8-10,13-14H2,1H3,(H,32,37). The number of carbonyl (C=O) groups is 1.